The van der Waals surface area contributed by atoms with E-state index in [4.69, 9.17) is 4.99 Å². The Kier molecular flexibility index (Phi) is 8.54. The molecule has 1 aliphatic rings. The van der Waals surface area contributed by atoms with Gasteiger partial charge in [0, 0.05) is 51.4 Å². The third-order valence-electron chi connectivity index (χ3n) is 4.91. The molecular formula is C20H34N6O. The molecule has 0 spiro atoms. The van der Waals surface area contributed by atoms with Crippen LogP contribution < -0.4 is 16.0 Å². The highest BCUT2D eigenvalue weighted by molar-refractivity contribution is 5.94. The van der Waals surface area contributed by atoms with E-state index in [0.29, 0.717) is 11.6 Å². The highest BCUT2D eigenvalue weighted by Crippen LogP contribution is 2.07. The largest absolute Gasteiger partial charge is 0.357 e. The normalized spacial score (nSPS) is 19.0. The molecule has 150 valence electrons. The smallest absolute Gasteiger partial charge is 0.251 e. The molecule has 1 unspecified atom stereocenters. The molecular weight excluding hydrogens is 340 g/mol. The lowest BCUT2D eigenvalue weighted by molar-refractivity contribution is 0.0963. The van der Waals surface area contributed by atoms with Crippen molar-refractivity contribution >= 4 is 11.9 Å². The van der Waals surface area contributed by atoms with Crippen molar-refractivity contribution in [1.29, 1.82) is 0 Å². The van der Waals surface area contributed by atoms with Crippen molar-refractivity contribution in [3.8, 4) is 0 Å². The van der Waals surface area contributed by atoms with Crippen molar-refractivity contribution < 1.29 is 4.79 Å². The van der Waals surface area contributed by atoms with Crippen LogP contribution in [0, 0.1) is 0 Å². The summed E-state index contributed by atoms with van der Waals surface area (Å²) in [6, 6.07) is 8.19. The second kappa shape index (κ2) is 10.9. The van der Waals surface area contributed by atoms with Crippen LogP contribution in [0.2, 0.25) is 0 Å². The number of piperazine rings is 1. The summed E-state index contributed by atoms with van der Waals surface area (Å²) in [5.41, 5.74) is 1.83. The molecule has 2 rings (SSSR count). The van der Waals surface area contributed by atoms with Gasteiger partial charge in [0.1, 0.15) is 0 Å². The van der Waals surface area contributed by atoms with Gasteiger partial charge in [0.25, 0.3) is 5.91 Å². The Labute approximate surface area is 163 Å². The first-order valence-corrected chi connectivity index (χ1v) is 9.75. The summed E-state index contributed by atoms with van der Waals surface area (Å²) in [6.45, 7) is 7.70. The molecule has 1 aliphatic heterocycles. The van der Waals surface area contributed by atoms with Crippen LogP contribution in [0.4, 0.5) is 0 Å². The minimum atomic E-state index is -0.0544. The Morgan fingerprint density at radius 1 is 1.26 bits per heavy atom. The second-order valence-corrected chi connectivity index (χ2v) is 7.07. The monoisotopic (exact) mass is 374 g/mol. The lowest BCUT2D eigenvalue weighted by Crippen LogP contribution is -2.51. The van der Waals surface area contributed by atoms with E-state index in [-0.39, 0.29) is 5.91 Å². The standard InChI is InChI=1S/C20H34N6O/c1-5-22-20(24-14-18-15-25(3)11-12-26(18)4)23-10-9-16-7-6-8-17(13-16)19(27)21-2/h6-8,13,18H,5,9-12,14-15H2,1-4H3,(H,21,27)(H2,22,23,24). The van der Waals surface area contributed by atoms with Crippen molar-refractivity contribution in [3.05, 3.63) is 35.4 Å². The second-order valence-electron chi connectivity index (χ2n) is 7.07. The zero-order valence-electron chi connectivity index (χ0n) is 17.1. The summed E-state index contributed by atoms with van der Waals surface area (Å²) < 4.78 is 0. The van der Waals surface area contributed by atoms with Gasteiger partial charge < -0.3 is 20.9 Å². The van der Waals surface area contributed by atoms with Crippen LogP contribution in [0.15, 0.2) is 29.3 Å². The maximum absolute atomic E-state index is 11.8. The van der Waals surface area contributed by atoms with Crippen molar-refractivity contribution in [2.24, 2.45) is 4.99 Å². The van der Waals surface area contributed by atoms with Gasteiger partial charge >= 0.3 is 0 Å². The number of hydrogen-bond acceptors (Lipinski definition) is 4. The van der Waals surface area contributed by atoms with E-state index in [1.165, 1.54) is 0 Å². The van der Waals surface area contributed by atoms with Crippen LogP contribution in [0.3, 0.4) is 0 Å². The van der Waals surface area contributed by atoms with E-state index >= 15 is 0 Å². The van der Waals surface area contributed by atoms with E-state index < -0.39 is 0 Å². The zero-order chi connectivity index (χ0) is 19.6. The van der Waals surface area contributed by atoms with Crippen molar-refractivity contribution in [3.63, 3.8) is 0 Å². The topological polar surface area (TPSA) is 72.0 Å². The number of amides is 1. The number of likely N-dealkylation sites (N-methyl/N-ethyl adjacent to an activating group) is 2. The maximum atomic E-state index is 11.8. The fourth-order valence-corrected chi connectivity index (χ4v) is 3.17. The van der Waals surface area contributed by atoms with Crippen LogP contribution in [-0.2, 0) is 6.42 Å². The molecule has 1 fully saturated rings. The summed E-state index contributed by atoms with van der Waals surface area (Å²) in [4.78, 5) is 21.3. The number of rotatable bonds is 7. The van der Waals surface area contributed by atoms with E-state index in [1.54, 1.807) is 7.05 Å². The van der Waals surface area contributed by atoms with Crippen LogP contribution >= 0.6 is 0 Å². The molecule has 1 atom stereocenters. The molecule has 27 heavy (non-hydrogen) atoms. The fourth-order valence-electron chi connectivity index (χ4n) is 3.17. The van der Waals surface area contributed by atoms with Gasteiger partial charge in [-0.2, -0.15) is 0 Å². The summed E-state index contributed by atoms with van der Waals surface area (Å²) in [5.74, 6) is 0.794. The Balaban J connectivity index is 1.87. The Morgan fingerprint density at radius 3 is 2.81 bits per heavy atom. The highest BCUT2D eigenvalue weighted by Gasteiger charge is 2.21. The molecule has 0 bridgehead atoms. The van der Waals surface area contributed by atoms with Crippen molar-refractivity contribution in [2.75, 3.05) is 60.4 Å². The number of nitrogens with one attached hydrogen (secondary N) is 3. The number of carbonyl (C=O) groups excluding carboxylic acids is 1. The Hall–Kier alpha value is -2.12. The van der Waals surface area contributed by atoms with E-state index in [1.807, 2.05) is 24.3 Å². The molecule has 0 aliphatic carbocycles. The van der Waals surface area contributed by atoms with Crippen LogP contribution in [-0.4, -0.2) is 88.1 Å². The summed E-state index contributed by atoms with van der Waals surface area (Å²) in [6.07, 6.45) is 0.835. The number of nitrogens with zero attached hydrogens (tertiary/aromatic N) is 3. The Bertz CT molecular complexity index is 633. The van der Waals surface area contributed by atoms with Crippen molar-refractivity contribution in [1.82, 2.24) is 25.8 Å². The summed E-state index contributed by atoms with van der Waals surface area (Å²) in [7, 11) is 5.99. The molecule has 1 saturated heterocycles. The molecule has 7 heteroatoms. The zero-order valence-corrected chi connectivity index (χ0v) is 17.1. The quantitative estimate of drug-likeness (QED) is 0.476. The van der Waals surface area contributed by atoms with E-state index in [2.05, 4.69) is 46.8 Å². The summed E-state index contributed by atoms with van der Waals surface area (Å²) in [5, 5.41) is 9.38. The SMILES string of the molecule is CCNC(=NCC1CN(C)CCN1C)NCCc1cccc(C(=O)NC)c1. The molecule has 0 aromatic heterocycles. The minimum absolute atomic E-state index is 0.0544. The third-order valence-corrected chi connectivity index (χ3v) is 4.91. The molecule has 1 aromatic rings. The van der Waals surface area contributed by atoms with Gasteiger partial charge in [-0.25, -0.2) is 0 Å². The number of hydrogen-bond donors (Lipinski definition) is 3. The maximum Gasteiger partial charge on any atom is 0.251 e. The van der Waals surface area contributed by atoms with Gasteiger partial charge in [0.15, 0.2) is 5.96 Å². The van der Waals surface area contributed by atoms with Gasteiger partial charge in [0.2, 0.25) is 0 Å². The van der Waals surface area contributed by atoms with Crippen LogP contribution in [0.5, 0.6) is 0 Å². The highest BCUT2D eigenvalue weighted by atomic mass is 16.1. The first-order chi connectivity index (χ1) is 13.0. The van der Waals surface area contributed by atoms with E-state index in [9.17, 15) is 4.79 Å². The van der Waals surface area contributed by atoms with E-state index in [0.717, 1.165) is 57.2 Å². The lowest BCUT2D eigenvalue weighted by Gasteiger charge is -2.36. The summed E-state index contributed by atoms with van der Waals surface area (Å²) >= 11 is 0. The van der Waals surface area contributed by atoms with Gasteiger partial charge in [-0.15, -0.1) is 0 Å². The van der Waals surface area contributed by atoms with Gasteiger partial charge in [-0.05, 0) is 45.1 Å². The van der Waals surface area contributed by atoms with Crippen molar-refractivity contribution in [2.45, 2.75) is 19.4 Å². The fraction of sp³-hybridized carbons (Fsp3) is 0.600. The van der Waals surface area contributed by atoms with Gasteiger partial charge in [0.05, 0.1) is 6.54 Å². The number of guanidine groups is 1. The predicted octanol–water partition coefficient (Wildman–Crippen LogP) is 0.390. The Morgan fingerprint density at radius 2 is 2.07 bits per heavy atom. The third kappa shape index (κ3) is 6.84. The lowest BCUT2D eigenvalue weighted by atomic mass is 10.1. The first kappa shape index (κ1) is 21.2. The first-order valence-electron chi connectivity index (χ1n) is 9.75. The molecule has 1 heterocycles. The minimum Gasteiger partial charge on any atom is -0.357 e. The predicted molar refractivity (Wildman–Crippen MR) is 111 cm³/mol. The van der Waals surface area contributed by atoms with Gasteiger partial charge in [-0.3, -0.25) is 14.7 Å². The van der Waals surface area contributed by atoms with Crippen LogP contribution in [0.1, 0.15) is 22.8 Å². The molecule has 7 nitrogen and oxygen atoms in total. The molecule has 0 saturated carbocycles. The number of benzene rings is 1. The molecule has 0 radical (unpaired) electrons. The molecule has 1 amide bonds. The number of carbonyl (C=O) groups is 1. The molecule has 1 aromatic carbocycles. The van der Waals surface area contributed by atoms with Crippen LogP contribution in [0.25, 0.3) is 0 Å². The molecule has 3 N–H and O–H groups in total. The number of aliphatic imine (C=N–C) groups is 1. The average Bonchev–Trinajstić information content (AvgIpc) is 2.68. The van der Waals surface area contributed by atoms with Gasteiger partial charge in [-0.1, -0.05) is 12.1 Å². The average molecular weight is 375 g/mol.